The summed E-state index contributed by atoms with van der Waals surface area (Å²) in [7, 11) is 0. The van der Waals surface area contributed by atoms with Crippen LogP contribution < -0.4 is 0 Å². The van der Waals surface area contributed by atoms with Gasteiger partial charge in [0, 0.05) is 0 Å². The molecule has 82 valence electrons. The minimum atomic E-state index is -1.23. The maximum atomic E-state index is 11.1. The molecule has 2 aromatic rings. The summed E-state index contributed by atoms with van der Waals surface area (Å²) < 4.78 is 0. The fourth-order valence-corrected chi connectivity index (χ4v) is 1.68. The molecule has 0 heterocycles. The van der Waals surface area contributed by atoms with Crippen molar-refractivity contribution in [2.75, 3.05) is 0 Å². The molecule has 2 N–H and O–H groups in total. The molecular formula is C12H9CsO4. The van der Waals surface area contributed by atoms with E-state index in [1.165, 1.54) is 6.07 Å². The molecule has 5 heteroatoms. The first-order chi connectivity index (χ1) is 7.61. The minimum absolute atomic E-state index is 0. The van der Waals surface area contributed by atoms with Crippen molar-refractivity contribution in [1.29, 1.82) is 0 Å². The molecule has 0 aliphatic heterocycles. The van der Waals surface area contributed by atoms with Gasteiger partial charge >= 0.3 is 80.8 Å². The van der Waals surface area contributed by atoms with Crippen LogP contribution in [-0.2, 0) is 0 Å². The van der Waals surface area contributed by atoms with Crippen LogP contribution in [0.15, 0.2) is 36.4 Å². The average Bonchev–Trinajstić information content (AvgIpc) is 2.27. The fourth-order valence-electron chi connectivity index (χ4n) is 1.68. The van der Waals surface area contributed by atoms with Gasteiger partial charge in [-0.25, -0.2) is 9.59 Å². The van der Waals surface area contributed by atoms with E-state index in [4.69, 9.17) is 10.2 Å². The van der Waals surface area contributed by atoms with Crippen LogP contribution in [-0.4, -0.2) is 91.0 Å². The number of rotatable bonds is 2. The number of hydrogen-bond acceptors (Lipinski definition) is 2. The molecular weight excluding hydrogens is 341 g/mol. The number of benzene rings is 2. The van der Waals surface area contributed by atoms with Gasteiger partial charge in [0.05, 0.1) is 11.1 Å². The van der Waals surface area contributed by atoms with E-state index in [2.05, 4.69) is 0 Å². The Balaban J connectivity index is 0.00000144. The Morgan fingerprint density at radius 2 is 1.53 bits per heavy atom. The molecule has 0 aromatic heterocycles. The molecule has 0 saturated carbocycles. The van der Waals surface area contributed by atoms with E-state index in [1.54, 1.807) is 30.3 Å². The second-order valence-electron chi connectivity index (χ2n) is 3.32. The number of hydrogen-bond donors (Lipinski definition) is 2. The van der Waals surface area contributed by atoms with Crippen molar-refractivity contribution in [2.45, 2.75) is 0 Å². The van der Waals surface area contributed by atoms with Crippen molar-refractivity contribution in [3.63, 3.8) is 0 Å². The van der Waals surface area contributed by atoms with Crippen molar-refractivity contribution in [3.8, 4) is 0 Å². The molecule has 0 amide bonds. The first-order valence-electron chi connectivity index (χ1n) is 4.59. The molecule has 4 nitrogen and oxygen atoms in total. The van der Waals surface area contributed by atoms with E-state index in [9.17, 15) is 9.59 Å². The molecule has 0 bridgehead atoms. The third-order valence-electron chi connectivity index (χ3n) is 2.37. The predicted molar refractivity (Wildman–Crippen MR) is 65.0 cm³/mol. The van der Waals surface area contributed by atoms with Crippen LogP contribution >= 0.6 is 0 Å². The van der Waals surface area contributed by atoms with Crippen LogP contribution in [0.25, 0.3) is 10.8 Å². The number of carboxylic acid groups (broad SMARTS) is 2. The van der Waals surface area contributed by atoms with Crippen LogP contribution in [0.5, 0.6) is 0 Å². The second-order valence-corrected chi connectivity index (χ2v) is 3.32. The summed E-state index contributed by atoms with van der Waals surface area (Å²) in [6, 6.07) is 9.72. The standard InChI is InChI=1S/C12H8O4.Cs.H/c13-11(14)9-6-5-7-3-1-2-4-8(7)10(9)12(15)16;;/h1-6H,(H,13,14)(H,15,16);;. The number of carboxylic acids is 2. The molecule has 0 unspecified atom stereocenters. The second kappa shape index (κ2) is 6.03. The van der Waals surface area contributed by atoms with Crippen molar-refractivity contribution in [2.24, 2.45) is 0 Å². The fraction of sp³-hybridized carbons (Fsp3) is 0. The summed E-state index contributed by atoms with van der Waals surface area (Å²) in [5, 5.41) is 19.1. The van der Waals surface area contributed by atoms with Gasteiger partial charge in [-0.15, -0.1) is 0 Å². The number of carbonyl (C=O) groups is 2. The Bertz CT molecular complexity index is 592. The van der Waals surface area contributed by atoms with Gasteiger partial charge in [0.25, 0.3) is 0 Å². The maximum absolute atomic E-state index is 11.1. The predicted octanol–water partition coefficient (Wildman–Crippen LogP) is 1.59. The summed E-state index contributed by atoms with van der Waals surface area (Å²) in [6.45, 7) is 0. The van der Waals surface area contributed by atoms with Crippen molar-refractivity contribution >= 4 is 91.6 Å². The summed E-state index contributed by atoms with van der Waals surface area (Å²) >= 11 is 0. The van der Waals surface area contributed by atoms with E-state index >= 15 is 0 Å². The third kappa shape index (κ3) is 2.93. The third-order valence-corrected chi connectivity index (χ3v) is 2.37. The van der Waals surface area contributed by atoms with Crippen LogP contribution in [0.1, 0.15) is 20.7 Å². The molecule has 0 aliphatic carbocycles. The van der Waals surface area contributed by atoms with Crippen molar-refractivity contribution in [1.82, 2.24) is 0 Å². The number of fused-ring (bicyclic) bond motifs is 1. The zero-order valence-corrected chi connectivity index (χ0v) is 8.18. The van der Waals surface area contributed by atoms with Gasteiger partial charge in [0.2, 0.25) is 0 Å². The zero-order chi connectivity index (χ0) is 11.7. The molecule has 17 heavy (non-hydrogen) atoms. The van der Waals surface area contributed by atoms with E-state index in [-0.39, 0.29) is 80.0 Å². The van der Waals surface area contributed by atoms with E-state index in [1.807, 2.05) is 0 Å². The van der Waals surface area contributed by atoms with Gasteiger partial charge in [0.15, 0.2) is 0 Å². The molecule has 0 spiro atoms. The van der Waals surface area contributed by atoms with Crippen LogP contribution in [0.2, 0.25) is 0 Å². The quantitative estimate of drug-likeness (QED) is 0.863. The van der Waals surface area contributed by atoms with Gasteiger partial charge < -0.3 is 10.2 Å². The average molecular weight is 350 g/mol. The molecule has 0 fully saturated rings. The molecule has 2 aromatic carbocycles. The Morgan fingerprint density at radius 3 is 2.12 bits per heavy atom. The molecule has 0 radical (unpaired) electrons. The summed E-state index contributed by atoms with van der Waals surface area (Å²) in [4.78, 5) is 22.0. The Kier molecular flexibility index (Phi) is 5.24. The van der Waals surface area contributed by atoms with E-state index in [0.717, 1.165) is 0 Å². The first kappa shape index (κ1) is 14.8. The molecule has 0 saturated heterocycles. The first-order valence-corrected chi connectivity index (χ1v) is 4.59. The molecule has 2 rings (SSSR count). The summed E-state index contributed by atoms with van der Waals surface area (Å²) in [6.07, 6.45) is 0. The van der Waals surface area contributed by atoms with Crippen LogP contribution in [0.4, 0.5) is 0 Å². The normalized spacial score (nSPS) is 9.65. The summed E-state index contributed by atoms with van der Waals surface area (Å²) in [5.74, 6) is -2.46. The van der Waals surface area contributed by atoms with Gasteiger partial charge in [-0.2, -0.15) is 0 Å². The molecule has 0 atom stereocenters. The van der Waals surface area contributed by atoms with Crippen molar-refractivity contribution in [3.05, 3.63) is 47.5 Å². The van der Waals surface area contributed by atoms with Gasteiger partial charge in [-0.1, -0.05) is 30.3 Å². The van der Waals surface area contributed by atoms with Gasteiger partial charge in [0.1, 0.15) is 0 Å². The number of aromatic carboxylic acids is 2. The topological polar surface area (TPSA) is 74.6 Å². The van der Waals surface area contributed by atoms with Crippen LogP contribution in [0, 0.1) is 0 Å². The van der Waals surface area contributed by atoms with E-state index < -0.39 is 11.9 Å². The van der Waals surface area contributed by atoms with Gasteiger partial charge in [-0.05, 0) is 16.8 Å². The van der Waals surface area contributed by atoms with E-state index in [0.29, 0.717) is 10.8 Å². The zero-order valence-electron chi connectivity index (χ0n) is 8.18. The Labute approximate surface area is 156 Å². The Hall–Kier alpha value is -0.308. The summed E-state index contributed by atoms with van der Waals surface area (Å²) in [5.41, 5.74) is -0.350. The molecule has 0 aliphatic rings. The Morgan fingerprint density at radius 1 is 0.882 bits per heavy atom. The van der Waals surface area contributed by atoms with Gasteiger partial charge in [-0.3, -0.25) is 0 Å². The monoisotopic (exact) mass is 350 g/mol. The SMILES string of the molecule is O=C(O)c1ccc2ccccc2c1C(=O)O.[CsH]. The van der Waals surface area contributed by atoms with Crippen molar-refractivity contribution < 1.29 is 19.8 Å². The van der Waals surface area contributed by atoms with Crippen LogP contribution in [0.3, 0.4) is 0 Å².